The molecule has 0 atom stereocenters. The molecule has 11 nitrogen and oxygen atoms in total. The van der Waals surface area contributed by atoms with Crippen LogP contribution in [0.1, 0.15) is 11.1 Å². The molecule has 1 amide bonds. The SMILES string of the molecule is Cl.O=C(CN(Cc1ccc(-n2cncn2)cc1)S(=O)(=O)c1ccccc1OCCc1ccoc1)NO. The van der Waals surface area contributed by atoms with Gasteiger partial charge in [-0.05, 0) is 41.5 Å². The number of hydrogen-bond donors (Lipinski definition) is 2. The first-order chi connectivity index (χ1) is 17.0. The highest BCUT2D eigenvalue weighted by Gasteiger charge is 2.29. The van der Waals surface area contributed by atoms with Crippen LogP contribution in [0.3, 0.4) is 0 Å². The van der Waals surface area contributed by atoms with Crippen LogP contribution in [0.5, 0.6) is 5.75 Å². The Hall–Kier alpha value is -3.71. The molecule has 4 rings (SSSR count). The van der Waals surface area contributed by atoms with E-state index in [2.05, 4.69) is 10.1 Å². The van der Waals surface area contributed by atoms with Gasteiger partial charge in [0.05, 0.1) is 31.4 Å². The summed E-state index contributed by atoms with van der Waals surface area (Å²) in [6.45, 7) is -0.475. The number of amides is 1. The minimum Gasteiger partial charge on any atom is -0.492 e. The molecule has 4 aromatic rings. The number of rotatable bonds is 11. The fraction of sp³-hybridized carbons (Fsp3) is 0.174. The molecule has 0 radical (unpaired) electrons. The minimum atomic E-state index is -4.18. The van der Waals surface area contributed by atoms with Crippen LogP contribution in [0, 0.1) is 0 Å². The Morgan fingerprint density at radius 3 is 2.56 bits per heavy atom. The summed E-state index contributed by atoms with van der Waals surface area (Å²) in [6.07, 6.45) is 6.62. The zero-order valence-electron chi connectivity index (χ0n) is 18.9. The number of benzene rings is 2. The van der Waals surface area contributed by atoms with Gasteiger partial charge in [0.15, 0.2) is 0 Å². The molecule has 0 saturated heterocycles. The molecule has 0 aliphatic heterocycles. The molecule has 190 valence electrons. The van der Waals surface area contributed by atoms with E-state index in [4.69, 9.17) is 14.4 Å². The van der Waals surface area contributed by atoms with E-state index in [1.807, 2.05) is 0 Å². The van der Waals surface area contributed by atoms with Crippen LogP contribution in [0.2, 0.25) is 0 Å². The van der Waals surface area contributed by atoms with E-state index >= 15 is 0 Å². The van der Waals surface area contributed by atoms with Crippen LogP contribution in [0.25, 0.3) is 5.69 Å². The zero-order chi connectivity index (χ0) is 24.7. The maximum Gasteiger partial charge on any atom is 0.258 e. The van der Waals surface area contributed by atoms with Gasteiger partial charge in [0, 0.05) is 13.0 Å². The smallest absolute Gasteiger partial charge is 0.258 e. The van der Waals surface area contributed by atoms with Crippen LogP contribution in [-0.4, -0.2) is 51.8 Å². The molecule has 0 bridgehead atoms. The number of aromatic nitrogens is 3. The fourth-order valence-corrected chi connectivity index (χ4v) is 4.87. The molecule has 0 saturated carbocycles. The number of nitrogens with zero attached hydrogens (tertiary/aromatic N) is 4. The summed E-state index contributed by atoms with van der Waals surface area (Å²) in [7, 11) is -4.18. The van der Waals surface area contributed by atoms with E-state index in [1.165, 1.54) is 17.9 Å². The lowest BCUT2D eigenvalue weighted by atomic mass is 10.2. The second-order valence-corrected chi connectivity index (χ2v) is 9.40. The fourth-order valence-electron chi connectivity index (χ4n) is 3.36. The van der Waals surface area contributed by atoms with Gasteiger partial charge in [0.25, 0.3) is 5.91 Å². The highest BCUT2D eigenvalue weighted by Crippen LogP contribution is 2.28. The van der Waals surface area contributed by atoms with Gasteiger partial charge < -0.3 is 9.15 Å². The predicted octanol–water partition coefficient (Wildman–Crippen LogP) is 2.60. The van der Waals surface area contributed by atoms with Crippen LogP contribution in [-0.2, 0) is 27.8 Å². The maximum atomic E-state index is 13.6. The quantitative estimate of drug-likeness (QED) is 0.221. The number of sulfonamides is 1. The molecule has 0 aliphatic rings. The number of halogens is 1. The van der Waals surface area contributed by atoms with Gasteiger partial charge >= 0.3 is 0 Å². The van der Waals surface area contributed by atoms with E-state index in [9.17, 15) is 13.2 Å². The Bertz CT molecular complexity index is 1350. The van der Waals surface area contributed by atoms with E-state index < -0.39 is 22.5 Å². The van der Waals surface area contributed by atoms with Crippen LogP contribution < -0.4 is 10.2 Å². The number of furan rings is 1. The lowest BCUT2D eigenvalue weighted by Gasteiger charge is -2.23. The number of para-hydroxylation sites is 1. The molecule has 2 aromatic carbocycles. The van der Waals surface area contributed by atoms with E-state index in [-0.39, 0.29) is 36.2 Å². The van der Waals surface area contributed by atoms with Crippen molar-refractivity contribution in [1.29, 1.82) is 0 Å². The molecule has 2 aromatic heterocycles. The normalized spacial score (nSPS) is 11.2. The van der Waals surface area contributed by atoms with Crippen molar-refractivity contribution in [1.82, 2.24) is 24.5 Å². The van der Waals surface area contributed by atoms with Gasteiger partial charge in [-0.1, -0.05) is 24.3 Å². The third-order valence-corrected chi connectivity index (χ3v) is 6.95. The number of ether oxygens (including phenoxy) is 1. The molecule has 0 unspecified atom stereocenters. The third-order valence-electron chi connectivity index (χ3n) is 5.12. The third kappa shape index (κ3) is 6.49. The Morgan fingerprint density at radius 2 is 1.89 bits per heavy atom. The second-order valence-electron chi connectivity index (χ2n) is 7.49. The maximum absolute atomic E-state index is 13.6. The summed E-state index contributed by atoms with van der Waals surface area (Å²) >= 11 is 0. The molecule has 0 spiro atoms. The Labute approximate surface area is 213 Å². The van der Waals surface area contributed by atoms with Crippen molar-refractivity contribution in [3.63, 3.8) is 0 Å². The van der Waals surface area contributed by atoms with Crippen LogP contribution in [0.15, 0.2) is 89.1 Å². The Balaban J connectivity index is 0.00000361. The van der Waals surface area contributed by atoms with E-state index in [0.717, 1.165) is 15.6 Å². The topological polar surface area (TPSA) is 140 Å². The summed E-state index contributed by atoms with van der Waals surface area (Å²) in [5.41, 5.74) is 3.78. The van der Waals surface area contributed by atoms with Crippen molar-refractivity contribution in [2.45, 2.75) is 17.9 Å². The number of carbonyl (C=O) groups excluding carboxylic acids is 1. The molecule has 2 heterocycles. The van der Waals surface area contributed by atoms with Gasteiger partial charge in [-0.15, -0.1) is 12.4 Å². The number of hydrogen-bond acceptors (Lipinski definition) is 8. The summed E-state index contributed by atoms with van der Waals surface area (Å²) in [5, 5.41) is 13.1. The Morgan fingerprint density at radius 1 is 1.11 bits per heavy atom. The number of nitrogens with one attached hydrogen (secondary N) is 1. The van der Waals surface area contributed by atoms with Crippen molar-refractivity contribution in [2.24, 2.45) is 0 Å². The average molecular weight is 534 g/mol. The molecule has 0 aliphatic carbocycles. The first-order valence-corrected chi connectivity index (χ1v) is 12.0. The molecule has 36 heavy (non-hydrogen) atoms. The van der Waals surface area contributed by atoms with Crippen LogP contribution in [0.4, 0.5) is 0 Å². The highest BCUT2D eigenvalue weighted by atomic mass is 35.5. The second kappa shape index (κ2) is 12.3. The van der Waals surface area contributed by atoms with Gasteiger partial charge in [-0.3, -0.25) is 10.0 Å². The monoisotopic (exact) mass is 533 g/mol. The average Bonchev–Trinajstić information content (AvgIpc) is 3.59. The molecular formula is C23H24ClN5O6S. The van der Waals surface area contributed by atoms with Gasteiger partial charge in [-0.25, -0.2) is 23.6 Å². The standard InChI is InChI=1S/C23H23N5O6S.ClH/c29-23(26-30)14-27(13-18-5-7-20(8-6-18)28-17-24-16-25-28)35(31,32)22-4-2-1-3-21(22)34-12-10-19-9-11-33-15-19;/h1-9,11,15-17,30H,10,12-14H2,(H,26,29);1H. The first-order valence-electron chi connectivity index (χ1n) is 10.6. The summed E-state index contributed by atoms with van der Waals surface area (Å²) in [6, 6.07) is 15.0. The van der Waals surface area contributed by atoms with Gasteiger partial charge in [0.1, 0.15) is 23.3 Å². The lowest BCUT2D eigenvalue weighted by molar-refractivity contribution is -0.129. The highest BCUT2D eigenvalue weighted by molar-refractivity contribution is 7.89. The molecule has 0 fully saturated rings. The number of carbonyl (C=O) groups is 1. The number of hydroxylamine groups is 1. The minimum absolute atomic E-state index is 0. The van der Waals surface area contributed by atoms with Gasteiger partial charge in [-0.2, -0.15) is 9.40 Å². The van der Waals surface area contributed by atoms with E-state index in [1.54, 1.807) is 72.1 Å². The van der Waals surface area contributed by atoms with Gasteiger partial charge in [0.2, 0.25) is 10.0 Å². The summed E-state index contributed by atoms with van der Waals surface area (Å²) in [5.74, 6) is -0.710. The summed E-state index contributed by atoms with van der Waals surface area (Å²) < 4.78 is 40.5. The van der Waals surface area contributed by atoms with Crippen molar-refractivity contribution in [3.8, 4) is 11.4 Å². The van der Waals surface area contributed by atoms with E-state index in [0.29, 0.717) is 12.0 Å². The predicted molar refractivity (Wildman–Crippen MR) is 130 cm³/mol. The van der Waals surface area contributed by atoms with Crippen molar-refractivity contribution in [3.05, 3.63) is 90.9 Å². The van der Waals surface area contributed by atoms with Crippen LogP contribution >= 0.6 is 12.4 Å². The first kappa shape index (κ1) is 26.9. The molecule has 2 N–H and O–H groups in total. The summed E-state index contributed by atoms with van der Waals surface area (Å²) in [4.78, 5) is 15.8. The zero-order valence-corrected chi connectivity index (χ0v) is 20.6. The van der Waals surface area contributed by atoms with Crippen molar-refractivity contribution >= 4 is 28.3 Å². The largest absolute Gasteiger partial charge is 0.492 e. The van der Waals surface area contributed by atoms with Crippen molar-refractivity contribution in [2.75, 3.05) is 13.2 Å². The van der Waals surface area contributed by atoms with Crippen molar-refractivity contribution < 1.29 is 27.6 Å². The Kier molecular flexibility index (Phi) is 9.19. The molecule has 13 heteroatoms. The molecular weight excluding hydrogens is 510 g/mol. The lowest BCUT2D eigenvalue weighted by Crippen LogP contribution is -2.39.